The summed E-state index contributed by atoms with van der Waals surface area (Å²) in [5, 5.41) is 9.28. The molecule has 1 aromatic carbocycles. The van der Waals surface area contributed by atoms with E-state index in [1.54, 1.807) is 12.1 Å². The van der Waals surface area contributed by atoms with Gasteiger partial charge in [-0.15, -0.1) is 0 Å². The first kappa shape index (κ1) is 15.5. The molecule has 1 saturated heterocycles. The van der Waals surface area contributed by atoms with Gasteiger partial charge in [-0.3, -0.25) is 4.79 Å². The van der Waals surface area contributed by atoms with Crippen molar-refractivity contribution in [3.05, 3.63) is 35.9 Å². The third kappa shape index (κ3) is 3.22. The van der Waals surface area contributed by atoms with Crippen LogP contribution in [-0.4, -0.2) is 54.8 Å². The van der Waals surface area contributed by atoms with Gasteiger partial charge in [0.05, 0.1) is 6.10 Å². The lowest BCUT2D eigenvalue weighted by Crippen LogP contribution is -2.43. The summed E-state index contributed by atoms with van der Waals surface area (Å²) in [6.07, 6.45) is -0.769. The minimum atomic E-state index is -1.02. The first-order valence-electron chi connectivity index (χ1n) is 6.72. The van der Waals surface area contributed by atoms with Gasteiger partial charge in [0.25, 0.3) is 5.91 Å². The molecule has 3 unspecified atom stereocenters. The molecular formula is C15H19NO5. The maximum absolute atomic E-state index is 12.6. The molecule has 1 amide bonds. The summed E-state index contributed by atoms with van der Waals surface area (Å²) in [5.41, 5.74) is 0.704. The third-order valence-electron chi connectivity index (χ3n) is 3.73. The van der Waals surface area contributed by atoms with Crippen LogP contribution < -0.4 is 0 Å². The summed E-state index contributed by atoms with van der Waals surface area (Å²) in [5.74, 6) is -1.37. The van der Waals surface area contributed by atoms with Gasteiger partial charge in [-0.1, -0.05) is 30.3 Å². The van der Waals surface area contributed by atoms with Gasteiger partial charge in [-0.05, 0) is 5.56 Å². The Morgan fingerprint density at radius 2 is 1.95 bits per heavy atom. The molecule has 1 aliphatic rings. The Hall–Kier alpha value is -1.92. The predicted molar refractivity (Wildman–Crippen MR) is 74.7 cm³/mol. The highest BCUT2D eigenvalue weighted by Crippen LogP contribution is 2.26. The average Bonchev–Trinajstić information content (AvgIpc) is 2.93. The number of aliphatic carboxylic acids is 1. The summed E-state index contributed by atoms with van der Waals surface area (Å²) in [6.45, 7) is 0.263. The summed E-state index contributed by atoms with van der Waals surface area (Å²) >= 11 is 0. The Kier molecular flexibility index (Phi) is 4.93. The molecule has 114 valence electrons. The Labute approximate surface area is 123 Å². The van der Waals surface area contributed by atoms with Crippen LogP contribution in [-0.2, 0) is 19.1 Å². The fraction of sp³-hybridized carbons (Fsp3) is 0.467. The van der Waals surface area contributed by atoms with Crippen LogP contribution in [0.3, 0.4) is 0 Å². The van der Waals surface area contributed by atoms with Gasteiger partial charge >= 0.3 is 5.97 Å². The van der Waals surface area contributed by atoms with E-state index in [0.29, 0.717) is 12.0 Å². The van der Waals surface area contributed by atoms with Gasteiger partial charge in [0, 0.05) is 27.2 Å². The van der Waals surface area contributed by atoms with Crippen molar-refractivity contribution in [2.45, 2.75) is 24.7 Å². The van der Waals surface area contributed by atoms with E-state index in [9.17, 15) is 14.7 Å². The Bertz CT molecular complexity index is 504. The lowest BCUT2D eigenvalue weighted by Gasteiger charge is -2.26. The van der Waals surface area contributed by atoms with Gasteiger partial charge in [-0.2, -0.15) is 0 Å². The molecule has 1 heterocycles. The van der Waals surface area contributed by atoms with Crippen LogP contribution in [0, 0.1) is 0 Å². The maximum atomic E-state index is 12.6. The van der Waals surface area contributed by atoms with Gasteiger partial charge in [-0.25, -0.2) is 4.79 Å². The number of hydrogen-bond acceptors (Lipinski definition) is 4. The second-order valence-electron chi connectivity index (χ2n) is 4.96. The quantitative estimate of drug-likeness (QED) is 0.879. The minimum absolute atomic E-state index is 0.261. The highest BCUT2D eigenvalue weighted by molar-refractivity contribution is 5.88. The molecule has 0 aliphatic carbocycles. The summed E-state index contributed by atoms with van der Waals surface area (Å²) in [7, 11) is 2.96. The monoisotopic (exact) mass is 293 g/mol. The van der Waals surface area contributed by atoms with E-state index < -0.39 is 18.1 Å². The third-order valence-corrected chi connectivity index (χ3v) is 3.73. The molecular weight excluding hydrogens is 274 g/mol. The van der Waals surface area contributed by atoms with E-state index in [1.165, 1.54) is 19.1 Å². The van der Waals surface area contributed by atoms with Crippen LogP contribution in [0.15, 0.2) is 30.3 Å². The molecule has 1 aromatic rings. The van der Waals surface area contributed by atoms with Crippen molar-refractivity contribution in [2.75, 3.05) is 20.8 Å². The normalized spacial score (nSPS) is 23.0. The Morgan fingerprint density at radius 3 is 2.48 bits per heavy atom. The standard InChI is InChI=1S/C15H19NO5/c1-20-11-8-12(15(18)19)16(9-11)14(17)13(21-2)10-6-4-3-5-7-10/h3-7,11-13H,8-9H2,1-2H3,(H,18,19). The van der Waals surface area contributed by atoms with E-state index in [1.807, 2.05) is 18.2 Å². The van der Waals surface area contributed by atoms with Gasteiger partial charge in [0.2, 0.25) is 0 Å². The highest BCUT2D eigenvalue weighted by atomic mass is 16.5. The van der Waals surface area contributed by atoms with E-state index in [-0.39, 0.29) is 18.6 Å². The Balaban J connectivity index is 2.22. The molecule has 0 saturated carbocycles. The number of benzene rings is 1. The van der Waals surface area contributed by atoms with Crippen molar-refractivity contribution in [2.24, 2.45) is 0 Å². The molecule has 1 N–H and O–H groups in total. The zero-order valence-corrected chi connectivity index (χ0v) is 12.1. The SMILES string of the molecule is COC1CC(C(=O)O)N(C(=O)C(OC)c2ccccc2)C1. The fourth-order valence-corrected chi connectivity index (χ4v) is 2.60. The number of methoxy groups -OCH3 is 2. The zero-order chi connectivity index (χ0) is 15.4. The molecule has 1 fully saturated rings. The second-order valence-corrected chi connectivity index (χ2v) is 4.96. The average molecular weight is 293 g/mol. The van der Waals surface area contributed by atoms with Crippen LogP contribution in [0.2, 0.25) is 0 Å². The maximum Gasteiger partial charge on any atom is 0.326 e. The van der Waals surface area contributed by atoms with Crippen molar-refractivity contribution in [1.29, 1.82) is 0 Å². The second kappa shape index (κ2) is 6.69. The smallest absolute Gasteiger partial charge is 0.326 e. The minimum Gasteiger partial charge on any atom is -0.480 e. The molecule has 0 spiro atoms. The number of carboxylic acids is 1. The van der Waals surface area contributed by atoms with E-state index in [0.717, 1.165) is 0 Å². The lowest BCUT2D eigenvalue weighted by molar-refractivity contribution is -0.153. The van der Waals surface area contributed by atoms with Gasteiger partial charge in [0.1, 0.15) is 6.04 Å². The summed E-state index contributed by atoms with van der Waals surface area (Å²) < 4.78 is 10.5. The molecule has 6 heteroatoms. The van der Waals surface area contributed by atoms with Crippen molar-refractivity contribution < 1.29 is 24.2 Å². The molecule has 2 rings (SSSR count). The Morgan fingerprint density at radius 1 is 1.29 bits per heavy atom. The molecule has 0 bridgehead atoms. The molecule has 1 aliphatic heterocycles. The topological polar surface area (TPSA) is 76.1 Å². The number of carboxylic acid groups (broad SMARTS) is 1. The fourth-order valence-electron chi connectivity index (χ4n) is 2.60. The number of carbonyl (C=O) groups excluding carboxylic acids is 1. The van der Waals surface area contributed by atoms with Crippen molar-refractivity contribution in [3.63, 3.8) is 0 Å². The van der Waals surface area contributed by atoms with Crippen LogP contribution in [0.4, 0.5) is 0 Å². The number of hydrogen-bond donors (Lipinski definition) is 1. The lowest BCUT2D eigenvalue weighted by atomic mass is 10.1. The molecule has 6 nitrogen and oxygen atoms in total. The largest absolute Gasteiger partial charge is 0.480 e. The van der Waals surface area contributed by atoms with E-state index in [2.05, 4.69) is 0 Å². The van der Waals surface area contributed by atoms with Gasteiger partial charge in [0.15, 0.2) is 6.10 Å². The zero-order valence-electron chi connectivity index (χ0n) is 12.1. The van der Waals surface area contributed by atoms with Crippen molar-refractivity contribution >= 4 is 11.9 Å². The van der Waals surface area contributed by atoms with Crippen LogP contribution >= 0.6 is 0 Å². The number of rotatable bonds is 5. The van der Waals surface area contributed by atoms with Crippen LogP contribution in [0.1, 0.15) is 18.1 Å². The molecule has 0 aromatic heterocycles. The summed E-state index contributed by atoms with van der Waals surface area (Å²) in [6, 6.07) is 8.16. The molecule has 21 heavy (non-hydrogen) atoms. The molecule has 0 radical (unpaired) electrons. The molecule has 3 atom stereocenters. The predicted octanol–water partition coefficient (Wildman–Crippen LogP) is 1.07. The first-order valence-corrected chi connectivity index (χ1v) is 6.72. The van der Waals surface area contributed by atoms with E-state index in [4.69, 9.17) is 9.47 Å². The highest BCUT2D eigenvalue weighted by Gasteiger charge is 2.42. The van der Waals surface area contributed by atoms with Crippen molar-refractivity contribution in [3.8, 4) is 0 Å². The van der Waals surface area contributed by atoms with Crippen molar-refractivity contribution in [1.82, 2.24) is 4.90 Å². The number of carbonyl (C=O) groups is 2. The van der Waals surface area contributed by atoms with Crippen LogP contribution in [0.25, 0.3) is 0 Å². The first-order chi connectivity index (χ1) is 10.1. The van der Waals surface area contributed by atoms with Crippen LogP contribution in [0.5, 0.6) is 0 Å². The van der Waals surface area contributed by atoms with E-state index >= 15 is 0 Å². The van der Waals surface area contributed by atoms with Gasteiger partial charge < -0.3 is 19.5 Å². The summed E-state index contributed by atoms with van der Waals surface area (Å²) in [4.78, 5) is 25.3. The number of nitrogens with zero attached hydrogens (tertiary/aromatic N) is 1. The number of ether oxygens (including phenoxy) is 2. The number of likely N-dealkylation sites (tertiary alicyclic amines) is 1. The number of amides is 1.